The molecule has 2 fully saturated rings. The van der Waals surface area contributed by atoms with Gasteiger partial charge in [-0.05, 0) is 31.1 Å². The van der Waals surface area contributed by atoms with Gasteiger partial charge in [0.1, 0.15) is 0 Å². The van der Waals surface area contributed by atoms with Crippen molar-refractivity contribution in [2.45, 2.75) is 45.6 Å². The van der Waals surface area contributed by atoms with Crippen molar-refractivity contribution >= 4 is 5.91 Å². The van der Waals surface area contributed by atoms with Gasteiger partial charge in [0, 0.05) is 19.1 Å². The summed E-state index contributed by atoms with van der Waals surface area (Å²) in [6.07, 6.45) is 4.90. The van der Waals surface area contributed by atoms with Crippen LogP contribution in [0.2, 0.25) is 0 Å². The molecule has 0 bridgehead atoms. The molecule has 1 amide bonds. The van der Waals surface area contributed by atoms with Crippen LogP contribution in [0.4, 0.5) is 0 Å². The SMILES string of the molecule is CC1(C)CCCN(C(=O)CNC2CC2)C1. The molecule has 0 spiro atoms. The van der Waals surface area contributed by atoms with E-state index in [1.807, 2.05) is 4.90 Å². The van der Waals surface area contributed by atoms with Crippen molar-refractivity contribution in [1.82, 2.24) is 10.2 Å². The van der Waals surface area contributed by atoms with Gasteiger partial charge in [-0.25, -0.2) is 0 Å². The normalized spacial score (nSPS) is 25.3. The van der Waals surface area contributed by atoms with Gasteiger partial charge in [0.05, 0.1) is 6.54 Å². The lowest BCUT2D eigenvalue weighted by Gasteiger charge is -2.38. The Morgan fingerprint density at radius 2 is 2.20 bits per heavy atom. The molecule has 0 aromatic heterocycles. The van der Waals surface area contributed by atoms with Crippen molar-refractivity contribution in [3.8, 4) is 0 Å². The summed E-state index contributed by atoms with van der Waals surface area (Å²) in [5, 5.41) is 3.29. The molecule has 1 saturated carbocycles. The van der Waals surface area contributed by atoms with Crippen LogP contribution >= 0.6 is 0 Å². The van der Waals surface area contributed by atoms with E-state index in [0.29, 0.717) is 18.0 Å². The fourth-order valence-electron chi connectivity index (χ4n) is 2.27. The molecule has 0 atom stereocenters. The summed E-state index contributed by atoms with van der Waals surface area (Å²) in [7, 11) is 0. The third-order valence-corrected chi connectivity index (χ3v) is 3.37. The number of nitrogens with one attached hydrogen (secondary N) is 1. The third kappa shape index (κ3) is 3.20. The smallest absolute Gasteiger partial charge is 0.236 e. The highest BCUT2D eigenvalue weighted by Gasteiger charge is 2.29. The van der Waals surface area contributed by atoms with Crippen molar-refractivity contribution in [3.05, 3.63) is 0 Å². The zero-order valence-corrected chi connectivity index (χ0v) is 9.88. The number of amides is 1. The minimum Gasteiger partial charge on any atom is -0.341 e. The van der Waals surface area contributed by atoms with Crippen LogP contribution < -0.4 is 5.32 Å². The molecule has 0 radical (unpaired) electrons. The van der Waals surface area contributed by atoms with Gasteiger partial charge in [-0.15, -0.1) is 0 Å². The lowest BCUT2D eigenvalue weighted by molar-refractivity contribution is -0.133. The Morgan fingerprint density at radius 3 is 2.80 bits per heavy atom. The van der Waals surface area contributed by atoms with Crippen molar-refractivity contribution in [2.75, 3.05) is 19.6 Å². The minimum atomic E-state index is 0.287. The van der Waals surface area contributed by atoms with Gasteiger partial charge < -0.3 is 10.2 Å². The van der Waals surface area contributed by atoms with Crippen LogP contribution in [0, 0.1) is 5.41 Å². The first-order valence-corrected chi connectivity index (χ1v) is 6.08. The molecule has 86 valence electrons. The first-order valence-electron chi connectivity index (χ1n) is 6.08. The van der Waals surface area contributed by atoms with Gasteiger partial charge in [-0.1, -0.05) is 13.8 Å². The molecule has 3 heteroatoms. The van der Waals surface area contributed by atoms with E-state index in [1.165, 1.54) is 19.3 Å². The standard InChI is InChI=1S/C12H22N2O/c1-12(2)6-3-7-14(9-12)11(15)8-13-10-4-5-10/h10,13H,3-9H2,1-2H3. The van der Waals surface area contributed by atoms with E-state index in [9.17, 15) is 4.79 Å². The second-order valence-corrected chi connectivity index (χ2v) is 5.74. The quantitative estimate of drug-likeness (QED) is 0.763. The average molecular weight is 210 g/mol. The number of rotatable bonds is 3. The number of nitrogens with zero attached hydrogens (tertiary/aromatic N) is 1. The second-order valence-electron chi connectivity index (χ2n) is 5.74. The number of carbonyl (C=O) groups is 1. The molecular weight excluding hydrogens is 188 g/mol. The number of hydrogen-bond acceptors (Lipinski definition) is 2. The summed E-state index contributed by atoms with van der Waals surface area (Å²) in [6.45, 7) is 6.93. The van der Waals surface area contributed by atoms with Crippen molar-refractivity contribution in [1.29, 1.82) is 0 Å². The van der Waals surface area contributed by atoms with Crippen molar-refractivity contribution in [3.63, 3.8) is 0 Å². The zero-order valence-electron chi connectivity index (χ0n) is 9.88. The Balaban J connectivity index is 1.78. The van der Waals surface area contributed by atoms with Crippen LogP contribution in [0.5, 0.6) is 0 Å². The molecule has 1 N–H and O–H groups in total. The molecule has 1 saturated heterocycles. The Bertz CT molecular complexity index is 246. The van der Waals surface area contributed by atoms with E-state index in [4.69, 9.17) is 0 Å². The van der Waals surface area contributed by atoms with E-state index in [0.717, 1.165) is 19.5 Å². The molecular formula is C12H22N2O. The van der Waals surface area contributed by atoms with Gasteiger partial charge in [-0.2, -0.15) is 0 Å². The summed E-state index contributed by atoms with van der Waals surface area (Å²) < 4.78 is 0. The predicted molar refractivity (Wildman–Crippen MR) is 60.6 cm³/mol. The molecule has 1 aliphatic carbocycles. The maximum Gasteiger partial charge on any atom is 0.236 e. The van der Waals surface area contributed by atoms with E-state index in [1.54, 1.807) is 0 Å². The lowest BCUT2D eigenvalue weighted by atomic mass is 9.84. The van der Waals surface area contributed by atoms with Crippen LogP contribution in [-0.2, 0) is 4.79 Å². The van der Waals surface area contributed by atoms with Gasteiger partial charge in [0.25, 0.3) is 0 Å². The largest absolute Gasteiger partial charge is 0.341 e. The Hall–Kier alpha value is -0.570. The molecule has 0 aromatic carbocycles. The van der Waals surface area contributed by atoms with Crippen LogP contribution in [-0.4, -0.2) is 36.5 Å². The summed E-state index contributed by atoms with van der Waals surface area (Å²) >= 11 is 0. The molecule has 3 nitrogen and oxygen atoms in total. The van der Waals surface area contributed by atoms with Crippen LogP contribution in [0.1, 0.15) is 39.5 Å². The third-order valence-electron chi connectivity index (χ3n) is 3.37. The first-order chi connectivity index (χ1) is 7.07. The van der Waals surface area contributed by atoms with Crippen LogP contribution in [0.25, 0.3) is 0 Å². The van der Waals surface area contributed by atoms with Crippen molar-refractivity contribution < 1.29 is 4.79 Å². The van der Waals surface area contributed by atoms with E-state index >= 15 is 0 Å². The molecule has 2 rings (SSSR count). The summed E-state index contributed by atoms with van der Waals surface area (Å²) in [4.78, 5) is 13.9. The number of hydrogen-bond donors (Lipinski definition) is 1. The van der Waals surface area contributed by atoms with E-state index < -0.39 is 0 Å². The molecule has 1 aliphatic heterocycles. The average Bonchev–Trinajstić information content (AvgIpc) is 2.96. The summed E-state index contributed by atoms with van der Waals surface area (Å²) in [5.74, 6) is 0.287. The van der Waals surface area contributed by atoms with Gasteiger partial charge in [0.15, 0.2) is 0 Å². The maximum absolute atomic E-state index is 11.9. The summed E-state index contributed by atoms with van der Waals surface area (Å²) in [5.41, 5.74) is 0.313. The summed E-state index contributed by atoms with van der Waals surface area (Å²) in [6, 6.07) is 0.631. The van der Waals surface area contributed by atoms with E-state index in [2.05, 4.69) is 19.2 Å². The highest BCUT2D eigenvalue weighted by Crippen LogP contribution is 2.28. The topological polar surface area (TPSA) is 32.3 Å². The van der Waals surface area contributed by atoms with Crippen LogP contribution in [0.3, 0.4) is 0 Å². The van der Waals surface area contributed by atoms with Crippen molar-refractivity contribution in [2.24, 2.45) is 5.41 Å². The molecule has 0 aromatic rings. The number of carbonyl (C=O) groups excluding carboxylic acids is 1. The fraction of sp³-hybridized carbons (Fsp3) is 0.917. The lowest BCUT2D eigenvalue weighted by Crippen LogP contribution is -2.47. The highest BCUT2D eigenvalue weighted by atomic mass is 16.2. The second kappa shape index (κ2) is 4.12. The Kier molecular flexibility index (Phi) is 3.01. The molecule has 1 heterocycles. The highest BCUT2D eigenvalue weighted by molar-refractivity contribution is 5.78. The zero-order chi connectivity index (χ0) is 10.9. The number of likely N-dealkylation sites (tertiary alicyclic amines) is 1. The first kappa shape index (κ1) is 10.9. The van der Waals surface area contributed by atoms with Gasteiger partial charge in [0.2, 0.25) is 5.91 Å². The Morgan fingerprint density at radius 1 is 1.47 bits per heavy atom. The maximum atomic E-state index is 11.9. The van der Waals surface area contributed by atoms with Gasteiger partial charge in [-0.3, -0.25) is 4.79 Å². The van der Waals surface area contributed by atoms with Crippen LogP contribution in [0.15, 0.2) is 0 Å². The minimum absolute atomic E-state index is 0.287. The predicted octanol–water partition coefficient (Wildman–Crippen LogP) is 1.39. The fourth-order valence-corrected chi connectivity index (χ4v) is 2.27. The van der Waals surface area contributed by atoms with E-state index in [-0.39, 0.29) is 5.91 Å². The molecule has 0 unspecified atom stereocenters. The van der Waals surface area contributed by atoms with Gasteiger partial charge >= 0.3 is 0 Å². The Labute approximate surface area is 92.2 Å². The molecule has 2 aliphatic rings. The monoisotopic (exact) mass is 210 g/mol. The molecule has 15 heavy (non-hydrogen) atoms. The number of piperidine rings is 1.